The van der Waals surface area contributed by atoms with Crippen LogP contribution in [0.2, 0.25) is 0 Å². The van der Waals surface area contributed by atoms with E-state index in [0.29, 0.717) is 6.42 Å². The number of aliphatic carboxylic acids is 1. The summed E-state index contributed by atoms with van der Waals surface area (Å²) in [5.41, 5.74) is 0. The molecule has 0 aliphatic heterocycles. The Morgan fingerprint density at radius 3 is 1.81 bits per heavy atom. The van der Waals surface area contributed by atoms with Crippen molar-refractivity contribution in [2.75, 3.05) is 12.4 Å². The van der Waals surface area contributed by atoms with Crippen LogP contribution in [-0.4, -0.2) is 31.9 Å². The Hall–Kier alpha value is 0.380. The molecule has 7 heteroatoms. The predicted molar refractivity (Wildman–Crippen MR) is 80.3 cm³/mol. The van der Waals surface area contributed by atoms with Crippen molar-refractivity contribution in [3.8, 4) is 0 Å². The molecule has 0 heterocycles. The molecule has 0 aromatic rings. The van der Waals surface area contributed by atoms with Crippen LogP contribution in [0.15, 0.2) is 0 Å². The number of hydrogen-bond donors (Lipinski definition) is 1. The molecule has 5 nitrogen and oxygen atoms in total. The van der Waals surface area contributed by atoms with Gasteiger partial charge in [-0.2, -0.15) is 8.42 Å². The summed E-state index contributed by atoms with van der Waals surface area (Å²) in [5.74, 6) is -2.34. The molecule has 0 radical (unpaired) electrons. The van der Waals surface area contributed by atoms with Gasteiger partial charge >= 0.3 is 35.5 Å². The van der Waals surface area contributed by atoms with Crippen molar-refractivity contribution in [1.29, 1.82) is 0 Å². The average molecular weight is 332 g/mol. The molecule has 122 valence electrons. The summed E-state index contributed by atoms with van der Waals surface area (Å²) >= 11 is 0. The minimum absolute atomic E-state index is 0. The second-order valence-electron chi connectivity index (χ2n) is 5.10. The first-order valence-electron chi connectivity index (χ1n) is 7.57. The van der Waals surface area contributed by atoms with E-state index in [-0.39, 0.29) is 37.6 Å². The van der Waals surface area contributed by atoms with Gasteiger partial charge in [0.1, 0.15) is 0 Å². The molecule has 0 aromatic carbocycles. The first kappa shape index (κ1) is 23.6. The van der Waals surface area contributed by atoms with E-state index in [1.54, 1.807) is 0 Å². The first-order valence-corrected chi connectivity index (χ1v) is 9.14. The zero-order valence-electron chi connectivity index (χ0n) is 14.5. The Balaban J connectivity index is -0.00000180. The van der Waals surface area contributed by atoms with E-state index in [1.165, 1.54) is 44.9 Å². The van der Waals surface area contributed by atoms with Crippen LogP contribution in [0.25, 0.3) is 0 Å². The molecule has 0 rings (SSSR count). The summed E-state index contributed by atoms with van der Waals surface area (Å²) in [4.78, 5) is 10.3. The van der Waals surface area contributed by atoms with Crippen LogP contribution in [0.4, 0.5) is 0 Å². The van der Waals surface area contributed by atoms with E-state index < -0.39 is 21.8 Å². The van der Waals surface area contributed by atoms with E-state index in [9.17, 15) is 13.2 Å². The third-order valence-corrected chi connectivity index (χ3v) is 4.19. The zero-order valence-corrected chi connectivity index (χ0v) is 16.3. The molecule has 0 aliphatic rings. The summed E-state index contributed by atoms with van der Waals surface area (Å²) in [6.45, 7) is 2.30. The fraction of sp³-hybridized carbons (Fsp3) is 0.929. The van der Waals surface area contributed by atoms with Gasteiger partial charge in [0.25, 0.3) is 10.1 Å². The van der Waals surface area contributed by atoms with Crippen molar-refractivity contribution < 1.29 is 53.5 Å². The summed E-state index contributed by atoms with van der Waals surface area (Å²) in [5, 5.41) is 8.37. The average Bonchev–Trinajstić information content (AvgIpc) is 2.34. The van der Waals surface area contributed by atoms with Gasteiger partial charge in [0.2, 0.25) is 0 Å². The van der Waals surface area contributed by atoms with Crippen molar-refractivity contribution >= 4 is 16.1 Å². The molecule has 0 amide bonds. The van der Waals surface area contributed by atoms with Crippen LogP contribution < -0.4 is 29.6 Å². The molecule has 0 saturated carbocycles. The van der Waals surface area contributed by atoms with Gasteiger partial charge in [-0.25, -0.2) is 0 Å². The Bertz CT molecular complexity index is 349. The minimum Gasteiger partial charge on any atom is -1.00 e. The zero-order chi connectivity index (χ0) is 15.3. The number of hydrogen-bond acceptors (Lipinski definition) is 4. The molecule has 0 unspecified atom stereocenters. The third kappa shape index (κ3) is 18.3. The van der Waals surface area contributed by atoms with Crippen LogP contribution in [0, 0.1) is 0 Å². The van der Waals surface area contributed by atoms with E-state index in [1.807, 2.05) is 0 Å². The maximum atomic E-state index is 11.1. The van der Waals surface area contributed by atoms with E-state index in [4.69, 9.17) is 5.11 Å². The molecular formula is C14H29NaO5S. The smallest absolute Gasteiger partial charge is 1.00 e. The second-order valence-corrected chi connectivity index (χ2v) is 6.74. The Kier molecular flexibility index (Phi) is 17.2. The molecular weight excluding hydrogens is 303 g/mol. The van der Waals surface area contributed by atoms with E-state index in [2.05, 4.69) is 11.1 Å². The van der Waals surface area contributed by atoms with Crippen LogP contribution in [0.1, 0.15) is 72.6 Å². The van der Waals surface area contributed by atoms with Gasteiger partial charge in [-0.05, 0) is 6.42 Å². The molecule has 0 saturated heterocycles. The van der Waals surface area contributed by atoms with Crippen LogP contribution >= 0.6 is 0 Å². The Labute approximate surface area is 152 Å². The van der Waals surface area contributed by atoms with Gasteiger partial charge in [0, 0.05) is 0 Å². The first-order chi connectivity index (χ1) is 9.48. The van der Waals surface area contributed by atoms with Crippen LogP contribution in [0.5, 0.6) is 0 Å². The summed E-state index contributed by atoms with van der Waals surface area (Å²) < 4.78 is 26.8. The van der Waals surface area contributed by atoms with Gasteiger partial charge in [-0.15, -0.1) is 0 Å². The summed E-state index contributed by atoms with van der Waals surface area (Å²) in [6.07, 6.45) is 11.6. The molecule has 1 N–H and O–H groups in total. The van der Waals surface area contributed by atoms with Gasteiger partial charge in [0.05, 0.1) is 6.61 Å². The number of unbranched alkanes of at least 4 members (excludes halogenated alkanes) is 9. The molecule has 0 spiro atoms. The molecule has 0 atom stereocenters. The number of carboxylic acid groups (broad SMARTS) is 1. The van der Waals surface area contributed by atoms with Gasteiger partial charge < -0.3 is 6.53 Å². The fourth-order valence-corrected chi connectivity index (χ4v) is 2.73. The molecule has 0 aromatic heterocycles. The van der Waals surface area contributed by atoms with Crippen molar-refractivity contribution in [2.45, 2.75) is 71.1 Å². The minimum atomic E-state index is -3.89. The quantitative estimate of drug-likeness (QED) is 0.284. The fourth-order valence-electron chi connectivity index (χ4n) is 1.97. The Morgan fingerprint density at radius 1 is 0.952 bits per heavy atom. The molecule has 0 aliphatic carbocycles. The van der Waals surface area contributed by atoms with Gasteiger partial charge in [-0.3, -0.25) is 8.98 Å². The maximum absolute atomic E-state index is 11.1. The van der Waals surface area contributed by atoms with Crippen LogP contribution in [-0.2, 0) is 19.1 Å². The molecule has 0 fully saturated rings. The second kappa shape index (κ2) is 15.3. The van der Waals surface area contributed by atoms with Crippen molar-refractivity contribution in [1.82, 2.24) is 0 Å². The number of rotatable bonds is 14. The van der Waals surface area contributed by atoms with Crippen molar-refractivity contribution in [2.24, 2.45) is 0 Å². The van der Waals surface area contributed by atoms with Gasteiger partial charge in [-0.1, -0.05) is 64.7 Å². The van der Waals surface area contributed by atoms with E-state index in [0.717, 1.165) is 12.8 Å². The summed E-state index contributed by atoms with van der Waals surface area (Å²) in [7, 11) is -3.89. The predicted octanol–water partition coefficient (Wildman–Crippen LogP) is 0.455. The van der Waals surface area contributed by atoms with E-state index >= 15 is 0 Å². The standard InChI is InChI=1S/C14H28O5S.Na.H/c1-2-3-4-5-6-7-8-9-10-11-12-19-20(17,18)13-14(15)16;;/h2-13H2,1H3,(H,15,16);;/q;+1;-1. The van der Waals surface area contributed by atoms with Gasteiger partial charge in [0.15, 0.2) is 5.75 Å². The Morgan fingerprint density at radius 2 is 1.38 bits per heavy atom. The van der Waals surface area contributed by atoms with Crippen LogP contribution in [0.3, 0.4) is 0 Å². The number of carboxylic acids is 1. The topological polar surface area (TPSA) is 80.7 Å². The third-order valence-electron chi connectivity index (χ3n) is 3.06. The normalized spacial score (nSPS) is 11.1. The summed E-state index contributed by atoms with van der Waals surface area (Å²) in [6, 6.07) is 0. The molecule has 0 bridgehead atoms. The monoisotopic (exact) mass is 332 g/mol. The van der Waals surface area contributed by atoms with Crippen molar-refractivity contribution in [3.05, 3.63) is 0 Å². The SMILES string of the molecule is CCCCCCCCCCCCOS(=O)(=O)CC(=O)O.[H-].[Na+]. The van der Waals surface area contributed by atoms with Crippen molar-refractivity contribution in [3.63, 3.8) is 0 Å². The largest absolute Gasteiger partial charge is 1.00 e. The maximum Gasteiger partial charge on any atom is 1.00 e. The number of carbonyl (C=O) groups is 1. The molecule has 21 heavy (non-hydrogen) atoms.